The maximum absolute atomic E-state index is 12.2. The number of hydrogen-bond donors (Lipinski definition) is 1. The molecule has 0 radical (unpaired) electrons. The lowest BCUT2D eigenvalue weighted by Crippen LogP contribution is -2.33. The summed E-state index contributed by atoms with van der Waals surface area (Å²) in [5.74, 6) is 0.731. The Labute approximate surface area is 92.7 Å². The summed E-state index contributed by atoms with van der Waals surface area (Å²) in [5, 5.41) is 0.681. The van der Waals surface area contributed by atoms with E-state index in [1.165, 1.54) is 0 Å². The van der Waals surface area contributed by atoms with E-state index in [9.17, 15) is 4.79 Å². The van der Waals surface area contributed by atoms with Crippen LogP contribution in [-0.2, 0) is 6.54 Å². The van der Waals surface area contributed by atoms with E-state index in [2.05, 4.69) is 4.98 Å². The molecule has 0 aliphatic carbocycles. The van der Waals surface area contributed by atoms with E-state index >= 15 is 0 Å². The van der Waals surface area contributed by atoms with Crippen molar-refractivity contribution in [3.63, 3.8) is 0 Å². The second kappa shape index (κ2) is 3.42. The van der Waals surface area contributed by atoms with E-state index in [0.717, 1.165) is 30.7 Å². The van der Waals surface area contributed by atoms with Gasteiger partial charge in [0.15, 0.2) is 0 Å². The minimum absolute atomic E-state index is 0.0377. The molecule has 0 saturated carbocycles. The highest BCUT2D eigenvalue weighted by Gasteiger charge is 2.20. The van der Waals surface area contributed by atoms with E-state index in [1.54, 1.807) is 4.57 Å². The number of nitrogens with two attached hydrogens (primary N) is 1. The molecule has 1 aliphatic rings. The van der Waals surface area contributed by atoms with Crippen molar-refractivity contribution in [2.45, 2.75) is 25.4 Å². The van der Waals surface area contributed by atoms with Crippen molar-refractivity contribution in [1.29, 1.82) is 0 Å². The highest BCUT2D eigenvalue weighted by molar-refractivity contribution is 5.77. The lowest BCUT2D eigenvalue weighted by atomic mass is 10.1. The molecule has 0 amide bonds. The van der Waals surface area contributed by atoms with E-state index in [1.807, 2.05) is 24.3 Å². The lowest BCUT2D eigenvalue weighted by molar-refractivity contribution is 0.435. The third-order valence-corrected chi connectivity index (χ3v) is 3.12. The Balaban J connectivity index is 2.41. The summed E-state index contributed by atoms with van der Waals surface area (Å²) in [5.41, 5.74) is 6.77. The molecule has 82 valence electrons. The van der Waals surface area contributed by atoms with Crippen LogP contribution in [0.5, 0.6) is 0 Å². The van der Waals surface area contributed by atoms with E-state index in [0.29, 0.717) is 5.39 Å². The van der Waals surface area contributed by atoms with E-state index in [4.69, 9.17) is 5.73 Å². The zero-order chi connectivity index (χ0) is 11.1. The number of hydrogen-bond acceptors (Lipinski definition) is 3. The first-order chi connectivity index (χ1) is 7.77. The molecule has 1 aromatic heterocycles. The zero-order valence-electron chi connectivity index (χ0n) is 8.89. The van der Waals surface area contributed by atoms with Gasteiger partial charge in [0, 0.05) is 6.54 Å². The number of para-hydroxylation sites is 1. The molecule has 1 aromatic carbocycles. The summed E-state index contributed by atoms with van der Waals surface area (Å²) in [6, 6.07) is 7.32. The number of rotatable bonds is 0. The Morgan fingerprint density at radius 2 is 2.19 bits per heavy atom. The Kier molecular flexibility index (Phi) is 2.04. The van der Waals surface area contributed by atoms with Crippen LogP contribution in [0.3, 0.4) is 0 Å². The topological polar surface area (TPSA) is 60.9 Å². The van der Waals surface area contributed by atoms with Gasteiger partial charge in [-0.2, -0.15) is 0 Å². The third kappa shape index (κ3) is 1.27. The summed E-state index contributed by atoms with van der Waals surface area (Å²) >= 11 is 0. The molecule has 0 bridgehead atoms. The van der Waals surface area contributed by atoms with Crippen LogP contribution in [0.1, 0.15) is 24.7 Å². The van der Waals surface area contributed by atoms with E-state index in [-0.39, 0.29) is 11.6 Å². The van der Waals surface area contributed by atoms with Crippen molar-refractivity contribution in [1.82, 2.24) is 9.55 Å². The Morgan fingerprint density at radius 3 is 3.06 bits per heavy atom. The Morgan fingerprint density at radius 1 is 1.38 bits per heavy atom. The predicted molar refractivity (Wildman–Crippen MR) is 62.2 cm³/mol. The van der Waals surface area contributed by atoms with Crippen molar-refractivity contribution >= 4 is 10.9 Å². The van der Waals surface area contributed by atoms with E-state index < -0.39 is 0 Å². The standard InChI is InChI=1S/C12H13N3O/c13-9-5-3-7-15-11(9)14-10-6-2-1-4-8(10)12(15)16/h1-2,4,6,9H,3,5,7,13H2. The summed E-state index contributed by atoms with van der Waals surface area (Å²) in [4.78, 5) is 16.7. The molecule has 1 atom stereocenters. The first kappa shape index (κ1) is 9.54. The van der Waals surface area contributed by atoms with Crippen LogP contribution >= 0.6 is 0 Å². The number of fused-ring (bicyclic) bond motifs is 2. The fraction of sp³-hybridized carbons (Fsp3) is 0.333. The molecule has 0 fully saturated rings. The molecule has 2 N–H and O–H groups in total. The van der Waals surface area contributed by atoms with Crippen molar-refractivity contribution in [2.75, 3.05) is 0 Å². The van der Waals surface area contributed by atoms with Gasteiger partial charge >= 0.3 is 0 Å². The largest absolute Gasteiger partial charge is 0.321 e. The molecule has 0 saturated heterocycles. The molecule has 2 heterocycles. The minimum Gasteiger partial charge on any atom is -0.321 e. The molecule has 4 heteroatoms. The molecule has 4 nitrogen and oxygen atoms in total. The quantitative estimate of drug-likeness (QED) is 0.718. The minimum atomic E-state index is -0.106. The Hall–Kier alpha value is -1.68. The van der Waals surface area contributed by atoms with Crippen LogP contribution in [-0.4, -0.2) is 9.55 Å². The van der Waals surface area contributed by atoms with Crippen LogP contribution in [0.2, 0.25) is 0 Å². The fourth-order valence-corrected chi connectivity index (χ4v) is 2.28. The Bertz CT molecular complexity index is 603. The van der Waals surface area contributed by atoms with Crippen LogP contribution in [0, 0.1) is 0 Å². The average molecular weight is 215 g/mol. The molecule has 2 aromatic rings. The predicted octanol–water partition coefficient (Wildman–Crippen LogP) is 1.19. The zero-order valence-corrected chi connectivity index (χ0v) is 8.89. The molecule has 1 unspecified atom stereocenters. The molecule has 16 heavy (non-hydrogen) atoms. The molecular formula is C12H13N3O. The maximum atomic E-state index is 12.2. The monoisotopic (exact) mass is 215 g/mol. The highest BCUT2D eigenvalue weighted by atomic mass is 16.1. The van der Waals surface area contributed by atoms with Crippen LogP contribution in [0.25, 0.3) is 10.9 Å². The SMILES string of the molecule is NC1CCCn2c1nc1ccccc1c2=O. The number of benzene rings is 1. The number of aromatic nitrogens is 2. The highest BCUT2D eigenvalue weighted by Crippen LogP contribution is 2.20. The van der Waals surface area contributed by atoms with Gasteiger partial charge in [0.25, 0.3) is 5.56 Å². The van der Waals surface area contributed by atoms with Crippen molar-refractivity contribution in [3.05, 3.63) is 40.4 Å². The van der Waals surface area contributed by atoms with Gasteiger partial charge in [0.1, 0.15) is 5.82 Å². The van der Waals surface area contributed by atoms with Gasteiger partial charge in [-0.3, -0.25) is 9.36 Å². The van der Waals surface area contributed by atoms with Gasteiger partial charge in [0.05, 0.1) is 16.9 Å². The molecule has 0 spiro atoms. The van der Waals surface area contributed by atoms with Crippen LogP contribution in [0.4, 0.5) is 0 Å². The van der Waals surface area contributed by atoms with Crippen LogP contribution < -0.4 is 11.3 Å². The number of nitrogens with zero attached hydrogens (tertiary/aromatic N) is 2. The van der Waals surface area contributed by atoms with Gasteiger partial charge in [-0.05, 0) is 25.0 Å². The lowest BCUT2D eigenvalue weighted by Gasteiger charge is -2.23. The van der Waals surface area contributed by atoms with Crippen molar-refractivity contribution in [3.8, 4) is 0 Å². The summed E-state index contributed by atoms with van der Waals surface area (Å²) in [6.07, 6.45) is 1.86. The normalized spacial score (nSPS) is 19.7. The maximum Gasteiger partial charge on any atom is 0.261 e. The van der Waals surface area contributed by atoms with Crippen LogP contribution in [0.15, 0.2) is 29.1 Å². The van der Waals surface area contributed by atoms with Crippen molar-refractivity contribution < 1.29 is 0 Å². The third-order valence-electron chi connectivity index (χ3n) is 3.12. The molecule has 3 rings (SSSR count). The van der Waals surface area contributed by atoms with Gasteiger partial charge in [-0.1, -0.05) is 12.1 Å². The fourth-order valence-electron chi connectivity index (χ4n) is 2.28. The van der Waals surface area contributed by atoms with Gasteiger partial charge in [0.2, 0.25) is 0 Å². The summed E-state index contributed by atoms with van der Waals surface area (Å²) in [6.45, 7) is 0.736. The van der Waals surface area contributed by atoms with Gasteiger partial charge in [-0.15, -0.1) is 0 Å². The first-order valence-electron chi connectivity index (χ1n) is 5.52. The first-order valence-corrected chi connectivity index (χ1v) is 5.52. The second-order valence-corrected chi connectivity index (χ2v) is 4.19. The second-order valence-electron chi connectivity index (χ2n) is 4.19. The average Bonchev–Trinajstić information content (AvgIpc) is 2.31. The van der Waals surface area contributed by atoms with Crippen molar-refractivity contribution in [2.24, 2.45) is 5.73 Å². The molecule has 1 aliphatic heterocycles. The smallest absolute Gasteiger partial charge is 0.261 e. The molecular weight excluding hydrogens is 202 g/mol. The van der Waals surface area contributed by atoms with Gasteiger partial charge < -0.3 is 5.73 Å². The summed E-state index contributed by atoms with van der Waals surface area (Å²) in [7, 11) is 0. The summed E-state index contributed by atoms with van der Waals surface area (Å²) < 4.78 is 1.72. The van der Waals surface area contributed by atoms with Gasteiger partial charge in [-0.25, -0.2) is 4.98 Å².